The van der Waals surface area contributed by atoms with E-state index in [1.165, 1.54) is 0 Å². The third-order valence-electron chi connectivity index (χ3n) is 6.50. The van der Waals surface area contributed by atoms with Crippen LogP contribution in [0.25, 0.3) is 22.8 Å². The second-order valence-corrected chi connectivity index (χ2v) is 8.77. The number of hydrogen-bond acceptors (Lipinski definition) is 5. The Morgan fingerprint density at radius 3 is 2.63 bits per heavy atom. The van der Waals surface area contributed by atoms with Crippen LogP contribution in [0.3, 0.4) is 0 Å². The number of H-pyrrole nitrogens is 1. The number of aromatic nitrogens is 1. The molecule has 5 rings (SSSR count). The second-order valence-electron chi connectivity index (χ2n) is 8.77. The number of nitrogens with one attached hydrogen (secondary N) is 2. The molecule has 1 amide bonds. The Balaban J connectivity index is 1.52. The van der Waals surface area contributed by atoms with Crippen molar-refractivity contribution in [3.63, 3.8) is 0 Å². The van der Waals surface area contributed by atoms with E-state index in [9.17, 15) is 19.5 Å². The monoisotopic (exact) mass is 470 g/mol. The molecule has 1 aliphatic carbocycles. The number of aromatic hydroxyl groups is 1. The number of aromatic amines is 1. The Hall–Kier alpha value is -4.13. The van der Waals surface area contributed by atoms with Gasteiger partial charge in [-0.1, -0.05) is 24.3 Å². The van der Waals surface area contributed by atoms with Gasteiger partial charge in [0.15, 0.2) is 5.78 Å². The largest absolute Gasteiger partial charge is 0.508 e. The molecule has 0 radical (unpaired) electrons. The number of Topliss-reactive ketones (excluding diaryl/α,β-unsaturated/α-hetero) is 1. The van der Waals surface area contributed by atoms with E-state index in [1.54, 1.807) is 25.1 Å². The number of ether oxygens (including phenoxy) is 1. The number of aryl methyl sites for hydroxylation is 1. The van der Waals surface area contributed by atoms with Gasteiger partial charge in [-0.2, -0.15) is 0 Å². The van der Waals surface area contributed by atoms with E-state index in [-0.39, 0.29) is 29.8 Å². The molecule has 178 valence electrons. The van der Waals surface area contributed by atoms with E-state index >= 15 is 0 Å². The van der Waals surface area contributed by atoms with Gasteiger partial charge in [0.2, 0.25) is 0 Å². The molecule has 1 aromatic heterocycles. The SMILES string of the molecule is CCOC(=O)CCc1c(C=C2C(=O)Nc3cc(-c4ccc(O)cc4)ccc32)[nH]c2c1C(=O)CCC2. The van der Waals surface area contributed by atoms with Crippen molar-refractivity contribution in [1.29, 1.82) is 0 Å². The van der Waals surface area contributed by atoms with Crippen LogP contribution in [-0.2, 0) is 27.2 Å². The minimum atomic E-state index is -0.310. The summed E-state index contributed by atoms with van der Waals surface area (Å²) in [7, 11) is 0. The van der Waals surface area contributed by atoms with Crippen LogP contribution in [0.15, 0.2) is 42.5 Å². The average Bonchev–Trinajstić information content (AvgIpc) is 3.35. The van der Waals surface area contributed by atoms with Gasteiger partial charge in [0.25, 0.3) is 5.91 Å². The topological polar surface area (TPSA) is 108 Å². The molecule has 3 N–H and O–H groups in total. The first-order valence-electron chi connectivity index (χ1n) is 11.8. The van der Waals surface area contributed by atoms with Crippen LogP contribution >= 0.6 is 0 Å². The molecule has 0 atom stereocenters. The third kappa shape index (κ3) is 4.37. The molecule has 0 fully saturated rings. The Morgan fingerprint density at radius 1 is 1.09 bits per heavy atom. The normalized spacial score (nSPS) is 15.6. The summed E-state index contributed by atoms with van der Waals surface area (Å²) in [6, 6.07) is 12.6. The summed E-state index contributed by atoms with van der Waals surface area (Å²) in [5.74, 6) is -0.270. The first kappa shape index (κ1) is 22.7. The summed E-state index contributed by atoms with van der Waals surface area (Å²) in [6.45, 7) is 2.07. The molecule has 3 aromatic rings. The van der Waals surface area contributed by atoms with Crippen molar-refractivity contribution >= 4 is 35.0 Å². The van der Waals surface area contributed by atoms with Crippen LogP contribution < -0.4 is 5.32 Å². The van der Waals surface area contributed by atoms with Gasteiger partial charge in [0.05, 0.1) is 12.2 Å². The Labute approximate surface area is 202 Å². The van der Waals surface area contributed by atoms with E-state index in [1.807, 2.05) is 30.3 Å². The highest BCUT2D eigenvalue weighted by Crippen LogP contribution is 2.38. The Morgan fingerprint density at radius 2 is 1.86 bits per heavy atom. The number of carbonyl (C=O) groups excluding carboxylic acids is 3. The molecule has 0 unspecified atom stereocenters. The van der Waals surface area contributed by atoms with Crippen molar-refractivity contribution < 1.29 is 24.2 Å². The summed E-state index contributed by atoms with van der Waals surface area (Å²) in [4.78, 5) is 41.0. The second kappa shape index (κ2) is 9.25. The van der Waals surface area contributed by atoms with E-state index < -0.39 is 0 Å². The zero-order valence-corrected chi connectivity index (χ0v) is 19.4. The molecule has 0 saturated heterocycles. The summed E-state index contributed by atoms with van der Waals surface area (Å²) in [5, 5.41) is 12.5. The zero-order chi connectivity index (χ0) is 24.5. The smallest absolute Gasteiger partial charge is 0.306 e. The van der Waals surface area contributed by atoms with Crippen molar-refractivity contribution in [2.24, 2.45) is 0 Å². The number of hydrogen-bond donors (Lipinski definition) is 3. The van der Waals surface area contributed by atoms with E-state index in [2.05, 4.69) is 10.3 Å². The maximum Gasteiger partial charge on any atom is 0.306 e. The highest BCUT2D eigenvalue weighted by atomic mass is 16.5. The van der Waals surface area contributed by atoms with Crippen molar-refractivity contribution in [2.45, 2.75) is 39.0 Å². The fraction of sp³-hybridized carbons (Fsp3) is 0.250. The third-order valence-corrected chi connectivity index (χ3v) is 6.50. The zero-order valence-electron chi connectivity index (χ0n) is 19.4. The van der Waals surface area contributed by atoms with Gasteiger partial charge in [0, 0.05) is 41.0 Å². The van der Waals surface area contributed by atoms with Crippen LogP contribution in [0, 0.1) is 0 Å². The lowest BCUT2D eigenvalue weighted by molar-refractivity contribution is -0.143. The average molecular weight is 471 g/mol. The lowest BCUT2D eigenvalue weighted by Gasteiger charge is -2.11. The van der Waals surface area contributed by atoms with E-state index in [0.717, 1.165) is 40.8 Å². The Kier molecular flexibility index (Phi) is 5.99. The first-order chi connectivity index (χ1) is 16.9. The fourth-order valence-electron chi connectivity index (χ4n) is 4.85. The van der Waals surface area contributed by atoms with Gasteiger partial charge >= 0.3 is 5.97 Å². The number of amides is 1. The van der Waals surface area contributed by atoms with E-state index in [4.69, 9.17) is 4.74 Å². The number of rotatable bonds is 6. The number of ketones is 1. The summed E-state index contributed by atoms with van der Waals surface area (Å²) < 4.78 is 5.07. The summed E-state index contributed by atoms with van der Waals surface area (Å²) >= 11 is 0. The van der Waals surface area contributed by atoms with Crippen LogP contribution in [0.5, 0.6) is 5.75 Å². The molecule has 1 aliphatic heterocycles. The van der Waals surface area contributed by atoms with Gasteiger partial charge in [-0.15, -0.1) is 0 Å². The summed E-state index contributed by atoms with van der Waals surface area (Å²) in [6.07, 6.45) is 4.34. The molecular weight excluding hydrogens is 444 g/mol. The van der Waals surface area contributed by atoms with Crippen molar-refractivity contribution in [3.8, 4) is 16.9 Å². The molecule has 0 bridgehead atoms. The molecule has 2 aromatic carbocycles. The molecule has 7 heteroatoms. The van der Waals surface area contributed by atoms with Crippen LogP contribution in [0.1, 0.15) is 59.1 Å². The maximum absolute atomic E-state index is 12.9. The van der Waals surface area contributed by atoms with Crippen molar-refractivity contribution in [1.82, 2.24) is 4.98 Å². The first-order valence-corrected chi connectivity index (χ1v) is 11.8. The molecule has 2 aliphatic rings. The number of esters is 1. The quantitative estimate of drug-likeness (QED) is 0.351. The lowest BCUT2D eigenvalue weighted by Crippen LogP contribution is -2.12. The molecule has 2 heterocycles. The lowest BCUT2D eigenvalue weighted by atomic mass is 9.91. The molecule has 0 saturated carbocycles. The predicted molar refractivity (Wildman–Crippen MR) is 133 cm³/mol. The minimum absolute atomic E-state index is 0.0702. The van der Waals surface area contributed by atoms with E-state index in [0.29, 0.717) is 42.0 Å². The predicted octanol–water partition coefficient (Wildman–Crippen LogP) is 4.89. The maximum atomic E-state index is 12.9. The number of benzene rings is 2. The summed E-state index contributed by atoms with van der Waals surface area (Å²) in [5.41, 5.74) is 6.81. The van der Waals surface area contributed by atoms with Crippen LogP contribution in [0.2, 0.25) is 0 Å². The van der Waals surface area contributed by atoms with Crippen LogP contribution in [0.4, 0.5) is 5.69 Å². The number of anilines is 1. The number of carbonyl (C=O) groups is 3. The van der Waals surface area contributed by atoms with Gasteiger partial charge in [-0.05, 0) is 67.2 Å². The minimum Gasteiger partial charge on any atom is -0.508 e. The number of fused-ring (bicyclic) bond motifs is 2. The van der Waals surface area contributed by atoms with Gasteiger partial charge < -0.3 is 20.1 Å². The van der Waals surface area contributed by atoms with Crippen LogP contribution in [-0.4, -0.2) is 34.4 Å². The number of phenols is 1. The van der Waals surface area contributed by atoms with Gasteiger partial charge in [0.1, 0.15) is 5.75 Å². The highest BCUT2D eigenvalue weighted by molar-refractivity contribution is 6.35. The molecule has 7 nitrogen and oxygen atoms in total. The van der Waals surface area contributed by atoms with Crippen molar-refractivity contribution in [2.75, 3.05) is 11.9 Å². The molecule has 0 spiro atoms. The van der Waals surface area contributed by atoms with Gasteiger partial charge in [-0.3, -0.25) is 14.4 Å². The molecule has 35 heavy (non-hydrogen) atoms. The molecular formula is C28H26N2O5. The fourth-order valence-corrected chi connectivity index (χ4v) is 4.85. The van der Waals surface area contributed by atoms with Crippen molar-refractivity contribution in [3.05, 3.63) is 70.5 Å². The standard InChI is InChI=1S/C28H26N2O5/c1-2-35-26(33)13-12-20-24(29-22-4-3-5-25(32)27(20)22)15-21-19-11-8-17(14-23(19)30-28(21)34)16-6-9-18(31)10-7-16/h6-11,14-15,29,31H,2-5,12-13H2,1H3,(H,30,34). The Bertz CT molecular complexity index is 1360. The van der Waals surface area contributed by atoms with Gasteiger partial charge in [-0.25, -0.2) is 0 Å². The highest BCUT2D eigenvalue weighted by Gasteiger charge is 2.29. The number of phenolic OH excluding ortho intramolecular Hbond substituents is 1.